The summed E-state index contributed by atoms with van der Waals surface area (Å²) in [4.78, 5) is 76.2. The molecule has 8 rings (SSSR count). The fraction of sp³-hybridized carbons (Fsp3) is 0.444. The first kappa shape index (κ1) is 52.1. The summed E-state index contributed by atoms with van der Waals surface area (Å²) in [5.74, 6) is 3.24. The smallest absolute Gasteiger partial charge is 0.279 e. The Hall–Kier alpha value is -7.25. The van der Waals surface area contributed by atoms with Gasteiger partial charge in [-0.3, -0.25) is 14.4 Å². The van der Waals surface area contributed by atoms with E-state index in [2.05, 4.69) is 101 Å². The van der Waals surface area contributed by atoms with Crippen molar-refractivity contribution < 1.29 is 4.79 Å². The normalized spacial score (nSPS) is 13.5. The first-order valence-electron chi connectivity index (χ1n) is 21.0. The van der Waals surface area contributed by atoms with Gasteiger partial charge in [0.15, 0.2) is 28.0 Å². The molecule has 6 aromatic heterocycles. The van der Waals surface area contributed by atoms with E-state index >= 15 is 0 Å². The number of aromatic nitrogens is 12. The molecule has 6 aromatic rings. The summed E-state index contributed by atoms with van der Waals surface area (Å²) in [6.07, 6.45) is 12.0. The Kier molecular flexibility index (Phi) is 17.9. The van der Waals surface area contributed by atoms with E-state index in [1.807, 2.05) is 93.1 Å². The molecule has 2 aliphatic heterocycles. The summed E-state index contributed by atoms with van der Waals surface area (Å²) in [5.41, 5.74) is 10.7. The van der Waals surface area contributed by atoms with E-state index < -0.39 is 0 Å². The van der Waals surface area contributed by atoms with E-state index in [4.69, 9.17) is 5.73 Å². The molecule has 5 N–H and O–H groups in total. The van der Waals surface area contributed by atoms with Crippen molar-refractivity contribution in [1.82, 2.24) is 73.7 Å². The van der Waals surface area contributed by atoms with Crippen LogP contribution in [0, 0.1) is 20.8 Å². The number of amides is 1. The minimum atomic E-state index is -0.190. The molecule has 65 heavy (non-hydrogen) atoms. The second-order valence-corrected chi connectivity index (χ2v) is 16.5. The van der Waals surface area contributed by atoms with E-state index in [-0.39, 0.29) is 36.5 Å². The summed E-state index contributed by atoms with van der Waals surface area (Å²) >= 11 is 0. The number of aliphatic imine (C=N–C) groups is 1. The van der Waals surface area contributed by atoms with Crippen LogP contribution in [0.3, 0.4) is 0 Å². The van der Waals surface area contributed by atoms with Crippen molar-refractivity contribution >= 4 is 45.2 Å². The number of carbonyl (C=O) groups is 1. The number of aryl methyl sites for hydroxylation is 3. The van der Waals surface area contributed by atoms with Crippen LogP contribution >= 0.6 is 0 Å². The first-order chi connectivity index (χ1) is 30.0. The van der Waals surface area contributed by atoms with Gasteiger partial charge in [0.2, 0.25) is 0 Å². The molecule has 0 unspecified atom stereocenters. The highest BCUT2D eigenvalue weighted by molar-refractivity contribution is 5.94. The third kappa shape index (κ3) is 12.9. The molecule has 1 amide bonds. The number of aromatic amines is 2. The SMILES string of the molecule is C.C=C1N=C(N)C=CN1C(C)C.C=C1NC(=O)C(C)=CN1C(C)C.CC(C)n1cnc2c(=O)[nH]cnc21.Cc1nc(C)c2ncn(C(C)C)c2n1.Cc1nc2c(ncn2C(C)C)c(=O)[nH]1. The van der Waals surface area contributed by atoms with E-state index in [1.54, 1.807) is 32.6 Å². The van der Waals surface area contributed by atoms with E-state index in [0.29, 0.717) is 63.8 Å². The van der Waals surface area contributed by atoms with E-state index in [9.17, 15) is 14.4 Å². The fourth-order valence-corrected chi connectivity index (χ4v) is 6.28. The van der Waals surface area contributed by atoms with Gasteiger partial charge in [0.1, 0.15) is 34.6 Å². The minimum Gasteiger partial charge on any atom is -0.384 e. The molecule has 0 aliphatic carbocycles. The highest BCUT2D eigenvalue weighted by Crippen LogP contribution is 2.18. The summed E-state index contributed by atoms with van der Waals surface area (Å²) in [6.45, 7) is 35.5. The number of nitrogens with one attached hydrogen (secondary N) is 3. The predicted octanol–water partition coefficient (Wildman–Crippen LogP) is 6.62. The second-order valence-electron chi connectivity index (χ2n) is 16.5. The highest BCUT2D eigenvalue weighted by atomic mass is 16.2. The number of nitrogens with zero attached hydrogens (tertiary/aromatic N) is 13. The summed E-state index contributed by atoms with van der Waals surface area (Å²) in [7, 11) is 0. The fourth-order valence-electron chi connectivity index (χ4n) is 6.28. The van der Waals surface area contributed by atoms with Crippen molar-refractivity contribution in [2.45, 2.75) is 135 Å². The van der Waals surface area contributed by atoms with E-state index in [0.717, 1.165) is 28.3 Å². The molecule has 20 nitrogen and oxygen atoms in total. The Labute approximate surface area is 380 Å². The van der Waals surface area contributed by atoms with Crippen LogP contribution in [-0.4, -0.2) is 92.2 Å². The Morgan fingerprint density at radius 1 is 0.631 bits per heavy atom. The average Bonchev–Trinajstić information content (AvgIpc) is 3.95. The van der Waals surface area contributed by atoms with Crippen LogP contribution in [0.5, 0.6) is 0 Å². The van der Waals surface area contributed by atoms with Gasteiger partial charge in [-0.25, -0.2) is 39.9 Å². The topological polar surface area (TPSA) is 245 Å². The van der Waals surface area contributed by atoms with Gasteiger partial charge in [0.05, 0.1) is 31.0 Å². The van der Waals surface area contributed by atoms with Crippen molar-refractivity contribution in [2.75, 3.05) is 0 Å². The predicted molar refractivity (Wildman–Crippen MR) is 259 cm³/mol. The molecule has 0 saturated carbocycles. The zero-order chi connectivity index (χ0) is 47.7. The number of hydrogen-bond donors (Lipinski definition) is 4. The monoisotopic (exact) mass is 894 g/mol. The zero-order valence-corrected chi connectivity index (χ0v) is 39.5. The third-order valence-corrected chi connectivity index (χ3v) is 9.63. The summed E-state index contributed by atoms with van der Waals surface area (Å²) < 4.78 is 5.82. The van der Waals surface area contributed by atoms with Crippen LogP contribution in [-0.2, 0) is 4.79 Å². The molecule has 0 aromatic carbocycles. The number of carbonyl (C=O) groups excluding carboxylic acids is 1. The molecule has 20 heteroatoms. The standard InChI is InChI=1S/C10H14N4.C9H12N4O.C9H14N2O.C8H10N4O.C8H13N3.CH4/c1-6(2)14-5-11-9-7(3)12-8(4)13-10(9)14;1-5(2)13-4-10-7-8(13)11-6(3)12-9(7)14;1-6(2)11-5-7(3)9(12)10-8(11)4;1-5(2)12-4-11-6-7(12)9-3-10-8(6)13;1-6(2)11-5-4-8(9)10-7(11)3;/h5-6H,1-4H3;4-5H,1-3H3,(H,11,12,14);5-6H,4H2,1-3H3,(H,10,12);3-5H,1-2H3,(H,9,10,13);4-6H,3H2,1-2H3,(H2,9,10);1H4. The van der Waals surface area contributed by atoms with Crippen LogP contribution in [0.1, 0.15) is 119 Å². The van der Waals surface area contributed by atoms with Gasteiger partial charge < -0.3 is 44.5 Å². The Morgan fingerprint density at radius 2 is 1.14 bits per heavy atom. The highest BCUT2D eigenvalue weighted by Gasteiger charge is 2.19. The first-order valence-corrected chi connectivity index (χ1v) is 21.0. The number of nitrogens with two attached hydrogens (primary N) is 1. The van der Waals surface area contributed by atoms with Crippen LogP contribution in [0.2, 0.25) is 0 Å². The van der Waals surface area contributed by atoms with Crippen LogP contribution in [0.25, 0.3) is 33.5 Å². The lowest BCUT2D eigenvalue weighted by molar-refractivity contribution is -0.117. The number of hydrogen-bond acceptors (Lipinski definition) is 14. The molecule has 8 heterocycles. The van der Waals surface area contributed by atoms with Crippen molar-refractivity contribution in [1.29, 1.82) is 0 Å². The Bertz CT molecular complexity index is 2830. The molecule has 2 aliphatic rings. The molecule has 0 saturated heterocycles. The summed E-state index contributed by atoms with van der Waals surface area (Å²) in [6, 6.07) is 1.62. The molecular formula is C45H67N17O3. The molecular weight excluding hydrogens is 827 g/mol. The van der Waals surface area contributed by atoms with Crippen molar-refractivity contribution in [2.24, 2.45) is 10.7 Å². The van der Waals surface area contributed by atoms with Crippen molar-refractivity contribution in [3.8, 4) is 0 Å². The maximum absolute atomic E-state index is 11.5. The van der Waals surface area contributed by atoms with E-state index in [1.165, 1.54) is 6.33 Å². The lowest BCUT2D eigenvalue weighted by Crippen LogP contribution is -2.40. The van der Waals surface area contributed by atoms with Gasteiger partial charge in [0, 0.05) is 48.2 Å². The second kappa shape index (κ2) is 22.4. The third-order valence-electron chi connectivity index (χ3n) is 9.63. The lowest BCUT2D eigenvalue weighted by atomic mass is 10.2. The molecule has 350 valence electrons. The number of imidazole rings is 3. The molecule has 0 bridgehead atoms. The summed E-state index contributed by atoms with van der Waals surface area (Å²) in [5, 5.41) is 2.68. The van der Waals surface area contributed by atoms with Crippen LogP contribution in [0.15, 0.2) is 88.7 Å². The lowest BCUT2D eigenvalue weighted by Gasteiger charge is -2.31. The largest absolute Gasteiger partial charge is 0.384 e. The molecule has 0 spiro atoms. The number of amidine groups is 1. The van der Waals surface area contributed by atoms with Crippen molar-refractivity contribution in [3.63, 3.8) is 0 Å². The quantitative estimate of drug-likeness (QED) is 0.142. The molecule has 0 fully saturated rings. The van der Waals surface area contributed by atoms with Gasteiger partial charge in [-0.15, -0.1) is 0 Å². The molecule has 0 radical (unpaired) electrons. The Morgan fingerprint density at radius 3 is 1.66 bits per heavy atom. The van der Waals surface area contributed by atoms with Gasteiger partial charge in [-0.1, -0.05) is 20.6 Å². The van der Waals surface area contributed by atoms with Crippen LogP contribution < -0.4 is 22.2 Å². The average molecular weight is 894 g/mol. The Balaban J connectivity index is 0.000000216. The van der Waals surface area contributed by atoms with Gasteiger partial charge in [-0.05, 0) is 103 Å². The maximum atomic E-state index is 11.5. The maximum Gasteiger partial charge on any atom is 0.279 e. The number of H-pyrrole nitrogens is 2. The van der Waals surface area contributed by atoms with Crippen molar-refractivity contribution in [3.05, 3.63) is 112 Å². The molecule has 0 atom stereocenters. The van der Waals surface area contributed by atoms with Gasteiger partial charge in [0.25, 0.3) is 17.0 Å². The van der Waals surface area contributed by atoms with Crippen LogP contribution in [0.4, 0.5) is 0 Å². The number of rotatable bonds is 5. The zero-order valence-electron chi connectivity index (χ0n) is 39.5. The van der Waals surface area contributed by atoms with Gasteiger partial charge in [-0.2, -0.15) is 0 Å². The van der Waals surface area contributed by atoms with Gasteiger partial charge >= 0.3 is 0 Å². The minimum absolute atomic E-state index is 0. The number of fused-ring (bicyclic) bond motifs is 3.